The Balaban J connectivity index is 1.78. The van der Waals surface area contributed by atoms with Crippen LogP contribution in [0.4, 0.5) is 0 Å². The molecule has 4 heteroatoms. The Hall–Kier alpha value is -2.34. The lowest BCUT2D eigenvalue weighted by Crippen LogP contribution is -2.29. The molecule has 0 bridgehead atoms. The van der Waals surface area contributed by atoms with Crippen LogP contribution in [0.15, 0.2) is 72.8 Å². The molecule has 0 N–H and O–H groups in total. The molecule has 0 aliphatic heterocycles. The van der Waals surface area contributed by atoms with Gasteiger partial charge in [-0.15, -0.1) is 0 Å². The van der Waals surface area contributed by atoms with E-state index in [1.807, 2.05) is 39.0 Å². The molecular weight excluding hydrogens is 511 g/mol. The van der Waals surface area contributed by atoms with E-state index < -0.39 is 5.41 Å². The second-order valence-electron chi connectivity index (χ2n) is 9.41. The molecule has 0 aromatic heterocycles. The Morgan fingerprint density at radius 2 is 1.56 bits per heavy atom. The summed E-state index contributed by atoms with van der Waals surface area (Å²) in [5, 5.41) is 0. The average Bonchev–Trinajstić information content (AvgIpc) is 2.78. The summed E-state index contributed by atoms with van der Waals surface area (Å²) < 4.78 is 11.5. The number of fused-ring (bicyclic) bond motifs is 1. The molecule has 3 nitrogen and oxygen atoms in total. The van der Waals surface area contributed by atoms with E-state index >= 15 is 0 Å². The maximum atomic E-state index is 12.4. The molecule has 3 aromatic carbocycles. The quantitative estimate of drug-likeness (QED) is 0.156. The smallest absolute Gasteiger partial charge is 0.316 e. The fourth-order valence-corrected chi connectivity index (χ4v) is 5.70. The van der Waals surface area contributed by atoms with Gasteiger partial charge in [-0.1, -0.05) is 71.1 Å². The van der Waals surface area contributed by atoms with E-state index in [1.54, 1.807) is 7.11 Å². The Labute approximate surface area is 204 Å². The number of methoxy groups -OCH3 is 1. The molecule has 3 aromatic rings. The topological polar surface area (TPSA) is 35.5 Å². The predicted octanol–water partition coefficient (Wildman–Crippen LogP) is 6.92. The molecule has 0 saturated carbocycles. The molecule has 1 aliphatic carbocycles. The number of hydrogen-bond donors (Lipinski definition) is 0. The number of rotatable bonds is 4. The van der Waals surface area contributed by atoms with Crippen LogP contribution in [0.25, 0.3) is 0 Å². The van der Waals surface area contributed by atoms with Gasteiger partial charge < -0.3 is 9.47 Å². The van der Waals surface area contributed by atoms with Crippen molar-refractivity contribution < 1.29 is 14.3 Å². The summed E-state index contributed by atoms with van der Waals surface area (Å²) in [6.07, 6.45) is 0.934. The third-order valence-corrected chi connectivity index (χ3v) is 7.31. The average molecular weight is 540 g/mol. The SMILES string of the molecule is COc1ccc(C2c3ccc(OC(=O)C(C)(C)C)cc3C[C@H](I)[C@H]2c2ccccc2)cc1. The first kappa shape index (κ1) is 22.8. The van der Waals surface area contributed by atoms with Crippen LogP contribution in [0.1, 0.15) is 54.9 Å². The van der Waals surface area contributed by atoms with Crippen molar-refractivity contribution in [3.05, 3.63) is 95.1 Å². The highest BCUT2D eigenvalue weighted by Gasteiger charge is 2.37. The summed E-state index contributed by atoms with van der Waals surface area (Å²) in [7, 11) is 1.69. The fourth-order valence-electron chi connectivity index (χ4n) is 4.40. The Morgan fingerprint density at radius 1 is 0.906 bits per heavy atom. The molecular formula is C28H29IO3. The van der Waals surface area contributed by atoms with Crippen molar-refractivity contribution in [1.29, 1.82) is 0 Å². The maximum Gasteiger partial charge on any atom is 0.316 e. The van der Waals surface area contributed by atoms with Gasteiger partial charge in [-0.25, -0.2) is 0 Å². The van der Waals surface area contributed by atoms with Crippen LogP contribution < -0.4 is 9.47 Å². The highest BCUT2D eigenvalue weighted by atomic mass is 127. The molecule has 166 valence electrons. The second-order valence-corrected chi connectivity index (χ2v) is 11.0. The minimum atomic E-state index is -0.536. The zero-order valence-electron chi connectivity index (χ0n) is 19.0. The zero-order valence-corrected chi connectivity index (χ0v) is 21.1. The van der Waals surface area contributed by atoms with Gasteiger partial charge in [0, 0.05) is 15.8 Å². The summed E-state index contributed by atoms with van der Waals surface area (Å²) in [6, 6.07) is 25.3. The Kier molecular flexibility index (Phi) is 6.61. The van der Waals surface area contributed by atoms with Gasteiger partial charge >= 0.3 is 5.97 Å². The van der Waals surface area contributed by atoms with Crippen molar-refractivity contribution in [3.8, 4) is 11.5 Å². The van der Waals surface area contributed by atoms with Crippen molar-refractivity contribution in [1.82, 2.24) is 0 Å². The van der Waals surface area contributed by atoms with E-state index in [9.17, 15) is 4.79 Å². The number of alkyl halides is 1. The van der Waals surface area contributed by atoms with E-state index in [2.05, 4.69) is 77.2 Å². The number of esters is 1. The monoisotopic (exact) mass is 540 g/mol. The predicted molar refractivity (Wildman–Crippen MR) is 137 cm³/mol. The summed E-state index contributed by atoms with van der Waals surface area (Å²) in [5.41, 5.74) is 4.62. The lowest BCUT2D eigenvalue weighted by molar-refractivity contribution is -0.143. The van der Waals surface area contributed by atoms with Crippen molar-refractivity contribution in [2.45, 2.75) is 43.0 Å². The Morgan fingerprint density at radius 3 is 2.19 bits per heavy atom. The number of carbonyl (C=O) groups is 1. The molecule has 32 heavy (non-hydrogen) atoms. The molecule has 1 aliphatic rings. The minimum Gasteiger partial charge on any atom is -0.497 e. The molecule has 0 fully saturated rings. The molecule has 0 saturated heterocycles. The first-order valence-electron chi connectivity index (χ1n) is 11.0. The van der Waals surface area contributed by atoms with E-state index in [-0.39, 0.29) is 11.9 Å². The van der Waals surface area contributed by atoms with E-state index in [0.29, 0.717) is 15.6 Å². The van der Waals surface area contributed by atoms with Crippen LogP contribution in [-0.2, 0) is 11.2 Å². The first-order valence-corrected chi connectivity index (χ1v) is 12.2. The van der Waals surface area contributed by atoms with Gasteiger partial charge in [0.05, 0.1) is 12.5 Å². The number of carbonyl (C=O) groups excluding carboxylic acids is 1. The van der Waals surface area contributed by atoms with Gasteiger partial charge in [0.25, 0.3) is 0 Å². The van der Waals surface area contributed by atoms with E-state index in [1.165, 1.54) is 22.3 Å². The molecule has 3 atom stereocenters. The standard InChI is InChI=1S/C28H29IO3/c1-28(2,3)27(30)32-22-14-15-23-20(16-22)17-24(29)26(18-8-6-5-7-9-18)25(23)19-10-12-21(31-4)13-11-19/h5-16,24-26H,17H2,1-4H3/t24-,25?,26+/m0/s1. The van der Waals surface area contributed by atoms with Crippen molar-refractivity contribution in [3.63, 3.8) is 0 Å². The molecule has 4 rings (SSSR count). The molecule has 1 unspecified atom stereocenters. The number of hydrogen-bond acceptors (Lipinski definition) is 3. The summed E-state index contributed by atoms with van der Waals surface area (Å²) in [5.74, 6) is 1.82. The summed E-state index contributed by atoms with van der Waals surface area (Å²) in [6.45, 7) is 5.62. The molecule has 0 heterocycles. The third-order valence-electron chi connectivity index (χ3n) is 6.10. The molecule has 0 amide bonds. The van der Waals surface area contributed by atoms with Crippen molar-refractivity contribution >= 4 is 28.6 Å². The van der Waals surface area contributed by atoms with Crippen LogP contribution in [0, 0.1) is 5.41 Å². The van der Waals surface area contributed by atoms with Gasteiger partial charge in [-0.2, -0.15) is 0 Å². The van der Waals surface area contributed by atoms with E-state index in [4.69, 9.17) is 9.47 Å². The van der Waals surface area contributed by atoms with Crippen molar-refractivity contribution in [2.24, 2.45) is 5.41 Å². The van der Waals surface area contributed by atoms with Gasteiger partial charge in [0.2, 0.25) is 0 Å². The third kappa shape index (κ3) is 4.70. The van der Waals surface area contributed by atoms with E-state index in [0.717, 1.165) is 12.2 Å². The lowest BCUT2D eigenvalue weighted by Gasteiger charge is -2.38. The fraction of sp³-hybridized carbons (Fsp3) is 0.321. The van der Waals surface area contributed by atoms with Crippen LogP contribution in [0.5, 0.6) is 11.5 Å². The second kappa shape index (κ2) is 9.26. The van der Waals surface area contributed by atoms with Crippen LogP contribution in [-0.4, -0.2) is 17.0 Å². The first-order chi connectivity index (χ1) is 15.3. The highest BCUT2D eigenvalue weighted by molar-refractivity contribution is 14.1. The van der Waals surface area contributed by atoms with Crippen LogP contribution in [0.2, 0.25) is 0 Å². The molecule has 0 spiro atoms. The van der Waals surface area contributed by atoms with Gasteiger partial charge in [0.15, 0.2) is 0 Å². The minimum absolute atomic E-state index is 0.210. The van der Waals surface area contributed by atoms with Crippen LogP contribution in [0.3, 0.4) is 0 Å². The summed E-state index contributed by atoms with van der Waals surface area (Å²) >= 11 is 2.59. The van der Waals surface area contributed by atoms with Gasteiger partial charge in [-0.3, -0.25) is 4.79 Å². The maximum absolute atomic E-state index is 12.4. The summed E-state index contributed by atoms with van der Waals surface area (Å²) in [4.78, 5) is 12.4. The van der Waals surface area contributed by atoms with Gasteiger partial charge in [-0.05, 0) is 73.7 Å². The normalized spacial score (nSPS) is 20.3. The number of ether oxygens (including phenoxy) is 2. The Bertz CT molecular complexity index is 1080. The number of halogens is 1. The largest absolute Gasteiger partial charge is 0.497 e. The van der Waals surface area contributed by atoms with Gasteiger partial charge in [0.1, 0.15) is 11.5 Å². The molecule has 0 radical (unpaired) electrons. The lowest BCUT2D eigenvalue weighted by atomic mass is 9.69. The van der Waals surface area contributed by atoms with Crippen LogP contribution >= 0.6 is 22.6 Å². The highest BCUT2D eigenvalue weighted by Crippen LogP contribution is 2.49. The number of benzene rings is 3. The van der Waals surface area contributed by atoms with Crippen molar-refractivity contribution in [2.75, 3.05) is 7.11 Å². The zero-order chi connectivity index (χ0) is 22.9.